The molecule has 0 amide bonds. The molecular weight excluding hydrogens is 461 g/mol. The molecular formula is C20H16INO5. The number of cyclic esters (lactones) is 1. The van der Waals surface area contributed by atoms with Gasteiger partial charge in [-0.2, -0.15) is 0 Å². The van der Waals surface area contributed by atoms with Crippen LogP contribution in [0.25, 0.3) is 6.08 Å². The number of aliphatic imine (C=N–C) groups is 1. The molecule has 1 aliphatic rings. The minimum absolute atomic E-state index is 0.167. The fraction of sp³-hybridized carbons (Fsp3) is 0.150. The molecule has 0 spiro atoms. The third-order valence-corrected chi connectivity index (χ3v) is 4.98. The van der Waals surface area contributed by atoms with E-state index in [2.05, 4.69) is 27.6 Å². The summed E-state index contributed by atoms with van der Waals surface area (Å²) in [6, 6.07) is 10.7. The first-order valence-electron chi connectivity index (χ1n) is 8.03. The van der Waals surface area contributed by atoms with E-state index in [4.69, 9.17) is 14.2 Å². The maximum Gasteiger partial charge on any atom is 0.363 e. The Balaban J connectivity index is 1.94. The topological polar surface area (TPSA) is 74.2 Å². The molecule has 2 aromatic rings. The molecule has 1 heterocycles. The second kappa shape index (κ2) is 7.91. The van der Waals surface area contributed by atoms with E-state index in [0.717, 1.165) is 14.7 Å². The van der Waals surface area contributed by atoms with Gasteiger partial charge >= 0.3 is 11.9 Å². The van der Waals surface area contributed by atoms with Crippen LogP contribution in [-0.2, 0) is 14.3 Å². The molecule has 0 saturated carbocycles. The van der Waals surface area contributed by atoms with Gasteiger partial charge in [0, 0.05) is 16.1 Å². The van der Waals surface area contributed by atoms with Crippen molar-refractivity contribution in [1.29, 1.82) is 0 Å². The smallest absolute Gasteiger partial charge is 0.363 e. The van der Waals surface area contributed by atoms with E-state index in [1.165, 1.54) is 14.0 Å². The normalized spacial score (nSPS) is 14.7. The van der Waals surface area contributed by atoms with E-state index >= 15 is 0 Å². The number of halogens is 1. The van der Waals surface area contributed by atoms with Crippen molar-refractivity contribution in [3.8, 4) is 11.5 Å². The van der Waals surface area contributed by atoms with Crippen molar-refractivity contribution in [3.63, 3.8) is 0 Å². The van der Waals surface area contributed by atoms with Crippen molar-refractivity contribution in [1.82, 2.24) is 0 Å². The highest BCUT2D eigenvalue weighted by Gasteiger charge is 2.24. The molecule has 3 rings (SSSR count). The van der Waals surface area contributed by atoms with Crippen LogP contribution < -0.4 is 9.47 Å². The Morgan fingerprint density at radius 2 is 1.96 bits per heavy atom. The fourth-order valence-corrected chi connectivity index (χ4v) is 2.82. The SMILES string of the molecule is COc1ccc(/C=C2\N=C(c3ccc(I)c(C)c3)OC2=O)cc1OC(C)=O. The Labute approximate surface area is 170 Å². The number of aryl methyl sites for hydroxylation is 1. The second-order valence-electron chi connectivity index (χ2n) is 5.80. The van der Waals surface area contributed by atoms with Crippen LogP contribution in [0.5, 0.6) is 11.5 Å². The summed E-state index contributed by atoms with van der Waals surface area (Å²) in [5.41, 5.74) is 2.60. The maximum absolute atomic E-state index is 12.2. The van der Waals surface area contributed by atoms with E-state index in [0.29, 0.717) is 11.3 Å². The Morgan fingerprint density at radius 3 is 2.63 bits per heavy atom. The number of esters is 2. The van der Waals surface area contributed by atoms with Gasteiger partial charge in [-0.1, -0.05) is 6.07 Å². The van der Waals surface area contributed by atoms with Crippen molar-refractivity contribution in [3.05, 3.63) is 62.4 Å². The van der Waals surface area contributed by atoms with Crippen LogP contribution in [0.1, 0.15) is 23.6 Å². The number of carbonyl (C=O) groups excluding carboxylic acids is 2. The van der Waals surface area contributed by atoms with Gasteiger partial charge in [-0.05, 0) is 77.0 Å². The number of hydrogen-bond donors (Lipinski definition) is 0. The summed E-state index contributed by atoms with van der Waals surface area (Å²) in [5, 5.41) is 0. The number of benzene rings is 2. The third kappa shape index (κ3) is 4.36. The van der Waals surface area contributed by atoms with Gasteiger partial charge in [-0.25, -0.2) is 9.79 Å². The number of rotatable bonds is 4. The minimum Gasteiger partial charge on any atom is -0.493 e. The fourth-order valence-electron chi connectivity index (χ4n) is 2.49. The minimum atomic E-state index is -0.536. The molecule has 0 unspecified atom stereocenters. The molecule has 0 atom stereocenters. The monoisotopic (exact) mass is 477 g/mol. The summed E-state index contributed by atoms with van der Waals surface area (Å²) in [7, 11) is 1.48. The number of methoxy groups -OCH3 is 1. The Hall–Kier alpha value is -2.68. The lowest BCUT2D eigenvalue weighted by Crippen LogP contribution is -2.06. The average molecular weight is 477 g/mol. The van der Waals surface area contributed by atoms with Crippen molar-refractivity contribution in [2.75, 3.05) is 7.11 Å². The lowest BCUT2D eigenvalue weighted by molar-refractivity contribution is -0.132. The van der Waals surface area contributed by atoms with Gasteiger partial charge in [0.15, 0.2) is 17.2 Å². The van der Waals surface area contributed by atoms with E-state index < -0.39 is 11.9 Å². The summed E-state index contributed by atoms with van der Waals surface area (Å²) < 4.78 is 16.7. The largest absolute Gasteiger partial charge is 0.493 e. The van der Waals surface area contributed by atoms with Gasteiger partial charge in [-0.3, -0.25) is 4.79 Å². The lowest BCUT2D eigenvalue weighted by atomic mass is 10.1. The van der Waals surface area contributed by atoms with E-state index in [1.54, 1.807) is 24.3 Å². The van der Waals surface area contributed by atoms with Crippen molar-refractivity contribution >= 4 is 46.5 Å². The number of nitrogens with zero attached hydrogens (tertiary/aromatic N) is 1. The average Bonchev–Trinajstić information content (AvgIpc) is 2.98. The van der Waals surface area contributed by atoms with E-state index in [1.807, 2.05) is 25.1 Å². The number of ether oxygens (including phenoxy) is 3. The van der Waals surface area contributed by atoms with E-state index in [-0.39, 0.29) is 17.3 Å². The summed E-state index contributed by atoms with van der Waals surface area (Å²) in [6.45, 7) is 3.28. The summed E-state index contributed by atoms with van der Waals surface area (Å²) in [4.78, 5) is 27.7. The van der Waals surface area contributed by atoms with Crippen LogP contribution in [-0.4, -0.2) is 24.9 Å². The van der Waals surface area contributed by atoms with Crippen LogP contribution in [0.2, 0.25) is 0 Å². The Kier molecular flexibility index (Phi) is 5.59. The highest BCUT2D eigenvalue weighted by molar-refractivity contribution is 14.1. The first-order chi connectivity index (χ1) is 12.9. The zero-order valence-corrected chi connectivity index (χ0v) is 17.1. The molecule has 0 radical (unpaired) electrons. The van der Waals surface area contributed by atoms with Gasteiger partial charge in [-0.15, -0.1) is 0 Å². The van der Waals surface area contributed by atoms with Crippen LogP contribution in [0.15, 0.2) is 47.1 Å². The quantitative estimate of drug-likeness (QED) is 0.289. The Morgan fingerprint density at radius 1 is 1.19 bits per heavy atom. The molecule has 0 bridgehead atoms. The van der Waals surface area contributed by atoms with Crippen LogP contribution >= 0.6 is 22.6 Å². The van der Waals surface area contributed by atoms with Gasteiger partial charge in [0.05, 0.1) is 7.11 Å². The van der Waals surface area contributed by atoms with Gasteiger partial charge < -0.3 is 14.2 Å². The highest BCUT2D eigenvalue weighted by atomic mass is 127. The number of hydrogen-bond acceptors (Lipinski definition) is 6. The first kappa shape index (κ1) is 19.1. The van der Waals surface area contributed by atoms with E-state index in [9.17, 15) is 9.59 Å². The zero-order chi connectivity index (χ0) is 19.6. The molecule has 0 aliphatic carbocycles. The Bertz CT molecular complexity index is 994. The zero-order valence-electron chi connectivity index (χ0n) is 14.9. The maximum atomic E-state index is 12.2. The third-order valence-electron chi connectivity index (χ3n) is 3.77. The lowest BCUT2D eigenvalue weighted by Gasteiger charge is -2.08. The summed E-state index contributed by atoms with van der Waals surface area (Å²) in [5.74, 6) is -0.0543. The van der Waals surface area contributed by atoms with Gasteiger partial charge in [0.25, 0.3) is 0 Å². The highest BCUT2D eigenvalue weighted by Crippen LogP contribution is 2.30. The summed E-state index contributed by atoms with van der Waals surface area (Å²) >= 11 is 2.24. The van der Waals surface area contributed by atoms with Gasteiger partial charge in [0.2, 0.25) is 5.90 Å². The number of carbonyl (C=O) groups is 2. The van der Waals surface area contributed by atoms with Crippen LogP contribution in [0, 0.1) is 10.5 Å². The molecule has 138 valence electrons. The van der Waals surface area contributed by atoms with Crippen molar-refractivity contribution in [2.24, 2.45) is 4.99 Å². The van der Waals surface area contributed by atoms with Crippen molar-refractivity contribution < 1.29 is 23.8 Å². The van der Waals surface area contributed by atoms with Crippen LogP contribution in [0.3, 0.4) is 0 Å². The molecule has 6 nitrogen and oxygen atoms in total. The predicted octanol–water partition coefficient (Wildman–Crippen LogP) is 3.88. The molecule has 0 N–H and O–H groups in total. The van der Waals surface area contributed by atoms with Gasteiger partial charge in [0.1, 0.15) is 0 Å². The first-order valence-corrected chi connectivity index (χ1v) is 9.11. The molecule has 1 aliphatic heterocycles. The molecule has 27 heavy (non-hydrogen) atoms. The van der Waals surface area contributed by atoms with Crippen molar-refractivity contribution in [2.45, 2.75) is 13.8 Å². The van der Waals surface area contributed by atoms with Crippen LogP contribution in [0.4, 0.5) is 0 Å². The molecule has 0 aromatic heterocycles. The molecule has 7 heteroatoms. The predicted molar refractivity (Wildman–Crippen MR) is 109 cm³/mol. The summed E-state index contributed by atoms with van der Waals surface area (Å²) in [6.07, 6.45) is 1.57. The standard InChI is InChI=1S/C20H16INO5/c1-11-8-14(5-6-15(11)21)19-22-16(20(24)27-19)9-13-4-7-17(25-3)18(10-13)26-12(2)23/h4-10H,1-3H3/b16-9-. The molecule has 0 saturated heterocycles. The second-order valence-corrected chi connectivity index (χ2v) is 6.97. The molecule has 0 fully saturated rings. The molecule has 2 aromatic carbocycles.